The molecule has 1 unspecified atom stereocenters. The van der Waals surface area contributed by atoms with Crippen molar-refractivity contribution in [1.82, 2.24) is 5.32 Å². The van der Waals surface area contributed by atoms with Crippen LogP contribution in [-0.4, -0.2) is 11.8 Å². The summed E-state index contributed by atoms with van der Waals surface area (Å²) in [6.07, 6.45) is -4.50. The van der Waals surface area contributed by atoms with Crippen LogP contribution >= 0.6 is 11.6 Å². The second kappa shape index (κ2) is 7.00. The molecule has 2 nitrogen and oxygen atoms in total. The van der Waals surface area contributed by atoms with E-state index in [0.717, 1.165) is 12.1 Å². The number of carbonyl (C=O) groups is 1. The number of carbonyl (C=O) groups excluding carboxylic acids is 1. The van der Waals surface area contributed by atoms with Gasteiger partial charge >= 0.3 is 6.18 Å². The van der Waals surface area contributed by atoms with E-state index in [-0.39, 0.29) is 11.4 Å². The van der Waals surface area contributed by atoms with Crippen LogP contribution in [-0.2, 0) is 11.0 Å². The fourth-order valence-corrected chi connectivity index (χ4v) is 2.19. The summed E-state index contributed by atoms with van der Waals surface area (Å²) in [6.45, 7) is 0. The van der Waals surface area contributed by atoms with Gasteiger partial charge in [0.1, 0.15) is 11.7 Å². The van der Waals surface area contributed by atoms with E-state index in [0.29, 0.717) is 5.56 Å². The lowest BCUT2D eigenvalue weighted by atomic mass is 9.97. The van der Waals surface area contributed by atoms with E-state index in [4.69, 9.17) is 11.6 Å². The van der Waals surface area contributed by atoms with Gasteiger partial charge in [-0.05, 0) is 35.4 Å². The van der Waals surface area contributed by atoms with E-state index in [1.54, 1.807) is 0 Å². The van der Waals surface area contributed by atoms with Gasteiger partial charge in [0.05, 0.1) is 11.6 Å². The zero-order chi connectivity index (χ0) is 17.0. The van der Waals surface area contributed by atoms with E-state index in [1.165, 1.54) is 36.4 Å². The summed E-state index contributed by atoms with van der Waals surface area (Å²) >= 11 is 5.45. The van der Waals surface area contributed by atoms with Crippen molar-refractivity contribution < 1.29 is 22.4 Å². The number of benzene rings is 2. The molecule has 0 aliphatic heterocycles. The average Bonchev–Trinajstić information content (AvgIpc) is 2.52. The molecule has 2 aromatic rings. The van der Waals surface area contributed by atoms with Crippen molar-refractivity contribution >= 4 is 17.5 Å². The fourth-order valence-electron chi connectivity index (χ4n) is 2.11. The Kier molecular flexibility index (Phi) is 5.26. The van der Waals surface area contributed by atoms with E-state index < -0.39 is 29.5 Å². The molecule has 23 heavy (non-hydrogen) atoms. The normalized spacial score (nSPS) is 12.7. The summed E-state index contributed by atoms with van der Waals surface area (Å²) in [7, 11) is 0. The molecule has 0 aliphatic carbocycles. The van der Waals surface area contributed by atoms with Gasteiger partial charge in [-0.25, -0.2) is 4.39 Å². The molecule has 2 rings (SSSR count). The summed E-state index contributed by atoms with van der Waals surface area (Å²) in [5, 5.41) is 2.54. The van der Waals surface area contributed by atoms with E-state index in [1.807, 2.05) is 0 Å². The highest BCUT2D eigenvalue weighted by atomic mass is 35.5. The molecule has 0 saturated carbocycles. The molecule has 0 spiro atoms. The topological polar surface area (TPSA) is 29.1 Å². The van der Waals surface area contributed by atoms with Gasteiger partial charge in [0.25, 0.3) is 0 Å². The summed E-state index contributed by atoms with van der Waals surface area (Å²) in [6, 6.07) is 8.87. The van der Waals surface area contributed by atoms with Crippen LogP contribution in [0.2, 0.25) is 0 Å². The number of halogens is 5. The van der Waals surface area contributed by atoms with Gasteiger partial charge in [-0.15, -0.1) is 11.6 Å². The lowest BCUT2D eigenvalue weighted by molar-refractivity contribution is -0.137. The van der Waals surface area contributed by atoms with Crippen LogP contribution in [0.25, 0.3) is 0 Å². The maximum absolute atomic E-state index is 13.0. The van der Waals surface area contributed by atoms with Crippen LogP contribution < -0.4 is 5.32 Å². The number of nitrogens with one attached hydrogen (secondary N) is 1. The zero-order valence-corrected chi connectivity index (χ0v) is 12.5. The minimum absolute atomic E-state index is 0.227. The Bertz CT molecular complexity index is 685. The molecule has 2 aromatic carbocycles. The average molecular weight is 346 g/mol. The predicted octanol–water partition coefficient (Wildman–Crippen LogP) is 4.29. The molecule has 1 atom stereocenters. The number of alkyl halides is 4. The number of hydrogen-bond acceptors (Lipinski definition) is 1. The van der Waals surface area contributed by atoms with Gasteiger partial charge in [-0.1, -0.05) is 24.3 Å². The van der Waals surface area contributed by atoms with Crippen LogP contribution in [0.4, 0.5) is 17.6 Å². The van der Waals surface area contributed by atoms with Gasteiger partial charge in [0, 0.05) is 0 Å². The first kappa shape index (κ1) is 17.3. The van der Waals surface area contributed by atoms with Gasteiger partial charge in [-0.2, -0.15) is 13.2 Å². The van der Waals surface area contributed by atoms with Crippen molar-refractivity contribution in [2.45, 2.75) is 12.2 Å². The second-order valence-corrected chi connectivity index (χ2v) is 5.08. The monoisotopic (exact) mass is 345 g/mol. The third kappa shape index (κ3) is 4.45. The molecule has 0 radical (unpaired) electrons. The van der Waals surface area contributed by atoms with Crippen LogP contribution in [0.5, 0.6) is 0 Å². The smallest absolute Gasteiger partial charge is 0.344 e. The summed E-state index contributed by atoms with van der Waals surface area (Å²) in [5.74, 6) is -1.37. The fraction of sp³-hybridized carbons (Fsp3) is 0.188. The predicted molar refractivity (Wildman–Crippen MR) is 78.5 cm³/mol. The van der Waals surface area contributed by atoms with Gasteiger partial charge in [-0.3, -0.25) is 4.79 Å². The Labute approximate surface area is 135 Å². The maximum Gasteiger partial charge on any atom is 0.416 e. The summed E-state index contributed by atoms with van der Waals surface area (Å²) in [4.78, 5) is 11.6. The van der Waals surface area contributed by atoms with E-state index in [2.05, 4.69) is 5.32 Å². The molecule has 0 bridgehead atoms. The SMILES string of the molecule is O=C(CCl)NC(c1ccc(F)cc1)c1cccc(C(F)(F)F)c1. The molecule has 7 heteroatoms. The van der Waals surface area contributed by atoms with Crippen molar-refractivity contribution in [3.8, 4) is 0 Å². The van der Waals surface area contributed by atoms with Crippen molar-refractivity contribution in [2.75, 3.05) is 5.88 Å². The summed E-state index contributed by atoms with van der Waals surface area (Å²) < 4.78 is 51.6. The molecule has 0 aromatic heterocycles. The Balaban J connectivity index is 2.45. The van der Waals surface area contributed by atoms with Crippen molar-refractivity contribution in [3.63, 3.8) is 0 Å². The maximum atomic E-state index is 13.0. The zero-order valence-electron chi connectivity index (χ0n) is 11.7. The highest BCUT2D eigenvalue weighted by Crippen LogP contribution is 2.32. The Hall–Kier alpha value is -2.08. The standard InChI is InChI=1S/C16H12ClF4NO/c17-9-14(23)22-15(10-4-6-13(18)7-5-10)11-2-1-3-12(8-11)16(19,20)21/h1-8,15H,9H2,(H,22,23). The third-order valence-corrected chi connectivity index (χ3v) is 3.42. The largest absolute Gasteiger partial charge is 0.416 e. The Morgan fingerprint density at radius 2 is 1.74 bits per heavy atom. The Morgan fingerprint density at radius 3 is 2.30 bits per heavy atom. The Morgan fingerprint density at radius 1 is 1.09 bits per heavy atom. The molecule has 1 amide bonds. The van der Waals surface area contributed by atoms with Crippen LogP contribution in [0.1, 0.15) is 22.7 Å². The molecule has 0 heterocycles. The highest BCUT2D eigenvalue weighted by molar-refractivity contribution is 6.27. The molecule has 0 saturated heterocycles. The second-order valence-electron chi connectivity index (χ2n) is 4.81. The minimum Gasteiger partial charge on any atom is -0.344 e. The lowest BCUT2D eigenvalue weighted by Gasteiger charge is -2.20. The first-order valence-corrected chi connectivity index (χ1v) is 7.12. The van der Waals surface area contributed by atoms with Crippen LogP contribution in [0, 0.1) is 5.82 Å². The number of rotatable bonds is 4. The third-order valence-electron chi connectivity index (χ3n) is 3.18. The highest BCUT2D eigenvalue weighted by Gasteiger charge is 2.31. The molecule has 1 N–H and O–H groups in total. The number of hydrogen-bond donors (Lipinski definition) is 1. The van der Waals surface area contributed by atoms with Crippen LogP contribution in [0.3, 0.4) is 0 Å². The van der Waals surface area contributed by atoms with Crippen LogP contribution in [0.15, 0.2) is 48.5 Å². The van der Waals surface area contributed by atoms with Gasteiger partial charge < -0.3 is 5.32 Å². The lowest BCUT2D eigenvalue weighted by Crippen LogP contribution is -2.30. The minimum atomic E-state index is -4.50. The number of amides is 1. The summed E-state index contributed by atoms with van der Waals surface area (Å²) in [5.41, 5.74) is -0.156. The molecule has 122 valence electrons. The van der Waals surface area contributed by atoms with Crippen molar-refractivity contribution in [3.05, 3.63) is 71.0 Å². The first-order chi connectivity index (χ1) is 10.8. The van der Waals surface area contributed by atoms with Gasteiger partial charge in [0.2, 0.25) is 5.91 Å². The van der Waals surface area contributed by atoms with Crippen molar-refractivity contribution in [1.29, 1.82) is 0 Å². The first-order valence-electron chi connectivity index (χ1n) is 6.59. The molecule has 0 fully saturated rings. The van der Waals surface area contributed by atoms with Gasteiger partial charge in [0.15, 0.2) is 0 Å². The quantitative estimate of drug-likeness (QED) is 0.650. The van der Waals surface area contributed by atoms with E-state index >= 15 is 0 Å². The van der Waals surface area contributed by atoms with Crippen molar-refractivity contribution in [2.24, 2.45) is 0 Å². The molecule has 0 aliphatic rings. The molecular formula is C16H12ClF4NO. The molecular weight excluding hydrogens is 334 g/mol. The van der Waals surface area contributed by atoms with E-state index in [9.17, 15) is 22.4 Å².